The van der Waals surface area contributed by atoms with Crippen molar-refractivity contribution >= 4 is 34.8 Å². The third-order valence-electron chi connectivity index (χ3n) is 3.16. The normalized spacial score (nSPS) is 11.5. The van der Waals surface area contributed by atoms with E-state index in [-0.39, 0.29) is 16.4 Å². The van der Waals surface area contributed by atoms with E-state index in [1.165, 1.54) is 37.2 Å². The highest BCUT2D eigenvalue weighted by atomic mass is 32.2. The van der Waals surface area contributed by atoms with Crippen molar-refractivity contribution in [3.8, 4) is 0 Å². The van der Waals surface area contributed by atoms with Crippen LogP contribution in [0.1, 0.15) is 21.5 Å². The van der Waals surface area contributed by atoms with Crippen LogP contribution in [-0.2, 0) is 10.5 Å². The molecule has 0 aliphatic rings. The Bertz CT molecular complexity index is 853. The Labute approximate surface area is 153 Å². The van der Waals surface area contributed by atoms with Gasteiger partial charge in [0.25, 0.3) is 5.69 Å². The van der Waals surface area contributed by atoms with Gasteiger partial charge in [0, 0.05) is 23.4 Å². The van der Waals surface area contributed by atoms with Crippen LogP contribution in [-0.4, -0.2) is 29.4 Å². The van der Waals surface area contributed by atoms with Gasteiger partial charge in [-0.15, -0.1) is 5.10 Å². The van der Waals surface area contributed by atoms with Crippen molar-refractivity contribution in [2.24, 2.45) is 15.9 Å². The number of carbonyl (C=O) groups excluding carboxylic acids is 1. The Hall–Kier alpha value is -3.20. The van der Waals surface area contributed by atoms with E-state index in [0.717, 1.165) is 11.6 Å². The van der Waals surface area contributed by atoms with Gasteiger partial charge in [0.2, 0.25) is 0 Å². The number of esters is 1. The molecule has 0 atom stereocenters. The summed E-state index contributed by atoms with van der Waals surface area (Å²) < 4.78 is 4.59. The van der Waals surface area contributed by atoms with E-state index in [1.54, 1.807) is 0 Å². The fourth-order valence-electron chi connectivity index (χ4n) is 1.96. The Morgan fingerprint density at radius 1 is 1.31 bits per heavy atom. The molecular formula is C17H16N4O4S. The van der Waals surface area contributed by atoms with Crippen molar-refractivity contribution in [3.63, 3.8) is 0 Å². The Morgan fingerprint density at radius 3 is 2.69 bits per heavy atom. The van der Waals surface area contributed by atoms with E-state index in [2.05, 4.69) is 14.9 Å². The molecule has 0 aromatic heterocycles. The maximum Gasteiger partial charge on any atom is 0.338 e. The highest BCUT2D eigenvalue weighted by Gasteiger charge is 2.14. The number of nitrogens with zero attached hydrogens (tertiary/aromatic N) is 3. The van der Waals surface area contributed by atoms with Gasteiger partial charge in [0.15, 0.2) is 5.17 Å². The molecule has 2 aromatic rings. The molecule has 0 fully saturated rings. The first-order valence-corrected chi connectivity index (χ1v) is 8.39. The van der Waals surface area contributed by atoms with Crippen molar-refractivity contribution < 1.29 is 14.5 Å². The molecule has 0 amide bonds. The monoisotopic (exact) mass is 372 g/mol. The first-order chi connectivity index (χ1) is 12.5. The number of non-ortho nitro benzene ring substituents is 1. The zero-order valence-corrected chi connectivity index (χ0v) is 14.7. The minimum Gasteiger partial charge on any atom is -0.465 e. The molecule has 26 heavy (non-hydrogen) atoms. The SMILES string of the molecule is COC(=O)c1cc(C=NN=C(N)SCc2ccccc2)cc([N+](=O)[O-])c1. The first-order valence-electron chi connectivity index (χ1n) is 7.40. The quantitative estimate of drug-likeness (QED) is 0.274. The van der Waals surface area contributed by atoms with Crippen molar-refractivity contribution in [3.05, 3.63) is 75.3 Å². The lowest BCUT2D eigenvalue weighted by Crippen LogP contribution is -2.06. The van der Waals surface area contributed by atoms with Gasteiger partial charge in [-0.3, -0.25) is 10.1 Å². The zero-order chi connectivity index (χ0) is 18.9. The van der Waals surface area contributed by atoms with Gasteiger partial charge in [-0.2, -0.15) is 5.10 Å². The Morgan fingerprint density at radius 2 is 2.04 bits per heavy atom. The molecular weight excluding hydrogens is 356 g/mol. The summed E-state index contributed by atoms with van der Waals surface area (Å²) in [5, 5.41) is 18.9. The number of amidine groups is 1. The van der Waals surface area contributed by atoms with Crippen LogP contribution in [0.3, 0.4) is 0 Å². The van der Waals surface area contributed by atoms with Crippen LogP contribution in [0.4, 0.5) is 5.69 Å². The van der Waals surface area contributed by atoms with E-state index in [1.807, 2.05) is 30.3 Å². The van der Waals surface area contributed by atoms with Gasteiger partial charge >= 0.3 is 5.97 Å². The number of methoxy groups -OCH3 is 1. The smallest absolute Gasteiger partial charge is 0.338 e. The summed E-state index contributed by atoms with van der Waals surface area (Å²) in [5.41, 5.74) is 7.02. The van der Waals surface area contributed by atoms with Crippen molar-refractivity contribution in [2.45, 2.75) is 5.75 Å². The maximum atomic E-state index is 11.6. The number of nitro groups is 1. The Balaban J connectivity index is 2.09. The van der Waals surface area contributed by atoms with Crippen LogP contribution in [0.25, 0.3) is 0 Å². The molecule has 0 aliphatic carbocycles. The van der Waals surface area contributed by atoms with Crippen LogP contribution in [0.15, 0.2) is 58.7 Å². The van der Waals surface area contributed by atoms with Gasteiger partial charge in [-0.25, -0.2) is 4.79 Å². The summed E-state index contributed by atoms with van der Waals surface area (Å²) in [6.45, 7) is 0. The molecule has 0 saturated carbocycles. The highest BCUT2D eigenvalue weighted by molar-refractivity contribution is 8.13. The average molecular weight is 372 g/mol. The molecule has 0 unspecified atom stereocenters. The number of nitrogens with two attached hydrogens (primary N) is 1. The number of benzene rings is 2. The standard InChI is InChI=1S/C17H16N4O4S/c1-25-16(22)14-7-13(8-15(9-14)21(23)24)10-19-20-17(18)26-11-12-5-3-2-4-6-12/h2-10H,11H2,1H3,(H2,18,20). The van der Waals surface area contributed by atoms with Gasteiger partial charge in [-0.1, -0.05) is 42.1 Å². The molecule has 134 valence electrons. The van der Waals surface area contributed by atoms with Crippen molar-refractivity contribution in [1.29, 1.82) is 0 Å². The summed E-state index contributed by atoms with van der Waals surface area (Å²) in [4.78, 5) is 22.0. The first kappa shape index (κ1) is 19.1. The van der Waals surface area contributed by atoms with Gasteiger partial charge in [0.1, 0.15) is 0 Å². The molecule has 0 aliphatic heterocycles. The third kappa shape index (κ3) is 5.71. The number of carbonyl (C=O) groups is 1. The summed E-state index contributed by atoms with van der Waals surface area (Å²) in [6, 6.07) is 13.6. The molecule has 9 heteroatoms. The van der Waals surface area contributed by atoms with Crippen LogP contribution < -0.4 is 5.73 Å². The van der Waals surface area contributed by atoms with E-state index < -0.39 is 10.9 Å². The second-order valence-corrected chi connectivity index (χ2v) is 6.01. The molecule has 0 spiro atoms. The summed E-state index contributed by atoms with van der Waals surface area (Å²) in [7, 11) is 1.20. The molecule has 2 N–H and O–H groups in total. The molecule has 2 aromatic carbocycles. The lowest BCUT2D eigenvalue weighted by Gasteiger charge is -2.01. The zero-order valence-electron chi connectivity index (χ0n) is 13.9. The number of rotatable bonds is 6. The summed E-state index contributed by atoms with van der Waals surface area (Å²) in [6.07, 6.45) is 1.29. The Kier molecular flexibility index (Phi) is 6.86. The number of hydrogen-bond acceptors (Lipinski definition) is 7. The van der Waals surface area contributed by atoms with Crippen LogP contribution in [0.5, 0.6) is 0 Å². The minimum atomic E-state index is -0.676. The van der Waals surface area contributed by atoms with E-state index >= 15 is 0 Å². The highest BCUT2D eigenvalue weighted by Crippen LogP contribution is 2.17. The largest absolute Gasteiger partial charge is 0.465 e. The van der Waals surface area contributed by atoms with Crippen LogP contribution in [0, 0.1) is 10.1 Å². The predicted molar refractivity (Wildman–Crippen MR) is 101 cm³/mol. The number of hydrogen-bond donors (Lipinski definition) is 1. The van der Waals surface area contributed by atoms with E-state index in [9.17, 15) is 14.9 Å². The molecule has 0 saturated heterocycles. The summed E-state index contributed by atoms with van der Waals surface area (Å²) in [5.74, 6) is -0.0283. The number of nitro benzene ring substituents is 1. The average Bonchev–Trinajstić information content (AvgIpc) is 2.66. The van der Waals surface area contributed by atoms with Gasteiger partial charge < -0.3 is 10.5 Å². The van der Waals surface area contributed by atoms with Crippen molar-refractivity contribution in [2.75, 3.05) is 7.11 Å². The minimum absolute atomic E-state index is 0.0542. The van der Waals surface area contributed by atoms with Crippen molar-refractivity contribution in [1.82, 2.24) is 0 Å². The second kappa shape index (κ2) is 9.33. The third-order valence-corrected chi connectivity index (χ3v) is 4.02. The van der Waals surface area contributed by atoms with Crippen LogP contribution >= 0.6 is 11.8 Å². The van der Waals surface area contributed by atoms with Gasteiger partial charge in [0.05, 0.1) is 23.8 Å². The number of ether oxygens (including phenoxy) is 1. The topological polar surface area (TPSA) is 120 Å². The lowest BCUT2D eigenvalue weighted by atomic mass is 10.1. The molecule has 2 rings (SSSR count). The second-order valence-electron chi connectivity index (χ2n) is 5.02. The van der Waals surface area contributed by atoms with E-state index in [0.29, 0.717) is 11.3 Å². The fourth-order valence-corrected chi connectivity index (χ4v) is 2.57. The maximum absolute atomic E-state index is 11.6. The molecule has 0 radical (unpaired) electrons. The van der Waals surface area contributed by atoms with Crippen LogP contribution in [0.2, 0.25) is 0 Å². The number of thioether (sulfide) groups is 1. The fraction of sp³-hybridized carbons (Fsp3) is 0.118. The molecule has 8 nitrogen and oxygen atoms in total. The van der Waals surface area contributed by atoms with E-state index in [4.69, 9.17) is 5.73 Å². The lowest BCUT2D eigenvalue weighted by molar-refractivity contribution is -0.384. The predicted octanol–water partition coefficient (Wildman–Crippen LogP) is 2.96. The van der Waals surface area contributed by atoms with Gasteiger partial charge in [-0.05, 0) is 11.6 Å². The summed E-state index contributed by atoms with van der Waals surface area (Å²) >= 11 is 1.32. The molecule has 0 heterocycles. The molecule has 0 bridgehead atoms.